The lowest BCUT2D eigenvalue weighted by atomic mass is 9.84. The zero-order valence-corrected chi connectivity index (χ0v) is 9.82. The zero-order valence-electron chi connectivity index (χ0n) is 9.82. The van der Waals surface area contributed by atoms with Crippen LogP contribution in [0.3, 0.4) is 0 Å². The fourth-order valence-electron chi connectivity index (χ4n) is 1.95. The summed E-state index contributed by atoms with van der Waals surface area (Å²) in [5.41, 5.74) is 4.70. The van der Waals surface area contributed by atoms with Gasteiger partial charge < -0.3 is 16.2 Å². The fourth-order valence-corrected chi connectivity index (χ4v) is 1.95. The van der Waals surface area contributed by atoms with E-state index in [0.29, 0.717) is 6.42 Å². The molecule has 1 amide bonds. The number of carboxylic acid groups (broad SMARTS) is 1. The molecule has 0 radical (unpaired) electrons. The summed E-state index contributed by atoms with van der Waals surface area (Å²) >= 11 is 0. The van der Waals surface area contributed by atoms with Gasteiger partial charge in [0.1, 0.15) is 0 Å². The first-order valence-electron chi connectivity index (χ1n) is 5.65. The summed E-state index contributed by atoms with van der Waals surface area (Å²) in [5, 5.41) is 11.8. The lowest BCUT2D eigenvalue weighted by molar-refractivity contribution is -0.144. The predicted octanol–water partition coefficient (Wildman–Crippen LogP) is 0.483. The molecular weight excluding hydrogens is 208 g/mol. The predicted molar refractivity (Wildman–Crippen MR) is 59.8 cm³/mol. The van der Waals surface area contributed by atoms with Crippen LogP contribution in [0.4, 0.5) is 0 Å². The monoisotopic (exact) mass is 228 g/mol. The molecule has 1 fully saturated rings. The molecule has 2 atom stereocenters. The van der Waals surface area contributed by atoms with Crippen LogP contribution in [0.15, 0.2) is 0 Å². The van der Waals surface area contributed by atoms with Crippen LogP contribution in [-0.2, 0) is 9.59 Å². The Morgan fingerprint density at radius 1 is 1.31 bits per heavy atom. The SMILES string of the molecule is CC(C)(N)C(=O)NC1CCCCC1C(=O)O. The highest BCUT2D eigenvalue weighted by atomic mass is 16.4. The lowest BCUT2D eigenvalue weighted by Crippen LogP contribution is -2.55. The normalized spacial score (nSPS) is 26.2. The maximum Gasteiger partial charge on any atom is 0.308 e. The zero-order chi connectivity index (χ0) is 12.3. The molecule has 0 saturated heterocycles. The van der Waals surface area contributed by atoms with E-state index in [0.717, 1.165) is 19.3 Å². The quantitative estimate of drug-likeness (QED) is 0.655. The van der Waals surface area contributed by atoms with Gasteiger partial charge in [-0.25, -0.2) is 0 Å². The first-order chi connectivity index (χ1) is 7.32. The smallest absolute Gasteiger partial charge is 0.308 e. The molecule has 2 unspecified atom stereocenters. The van der Waals surface area contributed by atoms with E-state index >= 15 is 0 Å². The minimum absolute atomic E-state index is 0.276. The summed E-state index contributed by atoms with van der Waals surface area (Å²) < 4.78 is 0. The van der Waals surface area contributed by atoms with Gasteiger partial charge in [0.05, 0.1) is 11.5 Å². The first-order valence-corrected chi connectivity index (χ1v) is 5.65. The van der Waals surface area contributed by atoms with E-state index in [1.807, 2.05) is 0 Å². The maximum atomic E-state index is 11.7. The van der Waals surface area contributed by atoms with Crippen LogP contribution in [0.2, 0.25) is 0 Å². The van der Waals surface area contributed by atoms with E-state index < -0.39 is 17.4 Å². The van der Waals surface area contributed by atoms with E-state index in [-0.39, 0.29) is 11.9 Å². The Morgan fingerprint density at radius 3 is 2.38 bits per heavy atom. The average molecular weight is 228 g/mol. The molecule has 5 nitrogen and oxygen atoms in total. The molecule has 0 aliphatic heterocycles. The largest absolute Gasteiger partial charge is 0.481 e. The molecule has 1 saturated carbocycles. The lowest BCUT2D eigenvalue weighted by Gasteiger charge is -2.31. The molecule has 0 aromatic heterocycles. The van der Waals surface area contributed by atoms with E-state index in [2.05, 4.69) is 5.32 Å². The molecule has 4 N–H and O–H groups in total. The summed E-state index contributed by atoms with van der Waals surface area (Å²) in [7, 11) is 0. The molecule has 1 rings (SSSR count). The van der Waals surface area contributed by atoms with Crippen molar-refractivity contribution in [1.82, 2.24) is 5.32 Å². The van der Waals surface area contributed by atoms with E-state index in [1.54, 1.807) is 13.8 Å². The maximum absolute atomic E-state index is 11.7. The third-order valence-electron chi connectivity index (χ3n) is 2.98. The highest BCUT2D eigenvalue weighted by molar-refractivity contribution is 5.86. The minimum Gasteiger partial charge on any atom is -0.481 e. The summed E-state index contributed by atoms with van der Waals surface area (Å²) in [6.07, 6.45) is 3.22. The summed E-state index contributed by atoms with van der Waals surface area (Å²) in [4.78, 5) is 22.7. The Labute approximate surface area is 95.4 Å². The first kappa shape index (κ1) is 13.0. The van der Waals surface area contributed by atoms with E-state index in [4.69, 9.17) is 10.8 Å². The number of carbonyl (C=O) groups excluding carboxylic acids is 1. The van der Waals surface area contributed by atoms with Crippen molar-refractivity contribution in [2.75, 3.05) is 0 Å². The number of nitrogens with two attached hydrogens (primary N) is 1. The van der Waals surface area contributed by atoms with Gasteiger partial charge in [-0.05, 0) is 26.7 Å². The third kappa shape index (κ3) is 3.20. The molecule has 0 aromatic carbocycles. The van der Waals surface area contributed by atoms with Crippen molar-refractivity contribution in [1.29, 1.82) is 0 Å². The van der Waals surface area contributed by atoms with Crippen molar-refractivity contribution in [3.05, 3.63) is 0 Å². The van der Waals surface area contributed by atoms with Gasteiger partial charge in [0.15, 0.2) is 0 Å². The molecule has 0 bridgehead atoms. The van der Waals surface area contributed by atoms with Gasteiger partial charge in [-0.3, -0.25) is 9.59 Å². The Bertz CT molecular complexity index is 283. The second-order valence-electron chi connectivity index (χ2n) is 5.03. The van der Waals surface area contributed by atoms with Gasteiger partial charge in [-0.1, -0.05) is 12.8 Å². The standard InChI is InChI=1S/C11H20N2O3/c1-11(2,12)10(16)13-8-6-4-3-5-7(8)9(14)15/h7-8H,3-6,12H2,1-2H3,(H,13,16)(H,14,15). The van der Waals surface area contributed by atoms with Gasteiger partial charge in [0.25, 0.3) is 0 Å². The topological polar surface area (TPSA) is 92.4 Å². The van der Waals surface area contributed by atoms with Gasteiger partial charge in [0, 0.05) is 6.04 Å². The highest BCUT2D eigenvalue weighted by Crippen LogP contribution is 2.24. The van der Waals surface area contributed by atoms with Gasteiger partial charge in [-0.15, -0.1) is 0 Å². The third-order valence-corrected chi connectivity index (χ3v) is 2.98. The number of hydrogen-bond donors (Lipinski definition) is 3. The van der Waals surface area contributed by atoms with Crippen LogP contribution >= 0.6 is 0 Å². The Morgan fingerprint density at radius 2 is 1.88 bits per heavy atom. The van der Waals surface area contributed by atoms with E-state index in [1.165, 1.54) is 0 Å². The van der Waals surface area contributed by atoms with Crippen molar-refractivity contribution in [2.45, 2.75) is 51.1 Å². The molecule has 1 aliphatic rings. The Hall–Kier alpha value is -1.10. The molecule has 0 spiro atoms. The molecule has 1 aliphatic carbocycles. The molecule has 5 heteroatoms. The van der Waals surface area contributed by atoms with Gasteiger partial charge in [0.2, 0.25) is 5.91 Å². The fraction of sp³-hybridized carbons (Fsp3) is 0.818. The van der Waals surface area contributed by atoms with Crippen molar-refractivity contribution in [3.8, 4) is 0 Å². The van der Waals surface area contributed by atoms with Gasteiger partial charge in [-0.2, -0.15) is 0 Å². The van der Waals surface area contributed by atoms with Crippen molar-refractivity contribution in [2.24, 2.45) is 11.7 Å². The van der Waals surface area contributed by atoms with Crippen LogP contribution in [-0.4, -0.2) is 28.6 Å². The number of nitrogens with one attached hydrogen (secondary N) is 1. The molecule has 16 heavy (non-hydrogen) atoms. The molecular formula is C11H20N2O3. The highest BCUT2D eigenvalue weighted by Gasteiger charge is 2.34. The number of hydrogen-bond acceptors (Lipinski definition) is 3. The summed E-state index contributed by atoms with van der Waals surface area (Å²) in [6, 6.07) is -0.276. The molecule has 0 heterocycles. The second kappa shape index (κ2) is 4.82. The average Bonchev–Trinajstić information content (AvgIpc) is 2.16. The Kier molecular flexibility index (Phi) is 3.91. The van der Waals surface area contributed by atoms with Gasteiger partial charge >= 0.3 is 5.97 Å². The number of amides is 1. The van der Waals surface area contributed by atoms with Crippen LogP contribution in [0.25, 0.3) is 0 Å². The number of aliphatic carboxylic acids is 1. The van der Waals surface area contributed by atoms with E-state index in [9.17, 15) is 9.59 Å². The Balaban J connectivity index is 2.63. The number of carbonyl (C=O) groups is 2. The molecule has 0 aromatic rings. The summed E-state index contributed by atoms with van der Waals surface area (Å²) in [5.74, 6) is -1.59. The van der Waals surface area contributed by atoms with Crippen molar-refractivity contribution in [3.63, 3.8) is 0 Å². The number of rotatable bonds is 3. The second-order valence-corrected chi connectivity index (χ2v) is 5.03. The van der Waals surface area contributed by atoms with Crippen molar-refractivity contribution < 1.29 is 14.7 Å². The van der Waals surface area contributed by atoms with Crippen LogP contribution < -0.4 is 11.1 Å². The molecule has 92 valence electrons. The van der Waals surface area contributed by atoms with Crippen LogP contribution in [0.1, 0.15) is 39.5 Å². The van der Waals surface area contributed by atoms with Crippen LogP contribution in [0, 0.1) is 5.92 Å². The number of carboxylic acids is 1. The van der Waals surface area contributed by atoms with Crippen LogP contribution in [0.5, 0.6) is 0 Å². The van der Waals surface area contributed by atoms with Crippen molar-refractivity contribution >= 4 is 11.9 Å². The summed E-state index contributed by atoms with van der Waals surface area (Å²) in [6.45, 7) is 3.22. The minimum atomic E-state index is -0.958.